The van der Waals surface area contributed by atoms with E-state index in [9.17, 15) is 22.0 Å². The van der Waals surface area contributed by atoms with E-state index in [1.807, 2.05) is 12.1 Å². The number of methoxy groups -OCH3 is 1. The molecule has 1 unspecified atom stereocenters. The van der Waals surface area contributed by atoms with Crippen LogP contribution in [0, 0.1) is 0 Å². The van der Waals surface area contributed by atoms with Gasteiger partial charge >= 0.3 is 12.1 Å². The molecule has 0 radical (unpaired) electrons. The van der Waals surface area contributed by atoms with Crippen molar-refractivity contribution >= 4 is 23.0 Å². The number of rotatable bonds is 5. The van der Waals surface area contributed by atoms with Gasteiger partial charge in [0.2, 0.25) is 0 Å². The van der Waals surface area contributed by atoms with E-state index in [1.54, 1.807) is 48.5 Å². The molecule has 3 nitrogen and oxygen atoms in total. The number of alkyl halides is 5. The molecule has 0 amide bonds. The maximum absolute atomic E-state index is 14.2. The molecule has 0 saturated heterocycles. The molecule has 1 aliphatic heterocycles. The molecule has 0 saturated carbocycles. The fraction of sp³-hybridized carbons (Fsp3) is 0.208. The summed E-state index contributed by atoms with van der Waals surface area (Å²) >= 11 is 6.23. The van der Waals surface area contributed by atoms with E-state index in [4.69, 9.17) is 16.3 Å². The smallest absolute Gasteiger partial charge is 0.459 e. The SMILES string of the molecule is COc1cccc(-c2cccc(C3CC(C(F)(F)C(F)(F)F)=NN3c3ccccc3Cl)c2)c1. The average molecular weight is 481 g/mol. The lowest BCUT2D eigenvalue weighted by Crippen LogP contribution is -2.43. The van der Waals surface area contributed by atoms with Crippen molar-refractivity contribution < 1.29 is 26.7 Å². The molecular weight excluding hydrogens is 463 g/mol. The fourth-order valence-electron chi connectivity index (χ4n) is 3.71. The molecule has 1 aliphatic rings. The molecule has 0 aliphatic carbocycles. The minimum absolute atomic E-state index is 0.187. The fourth-order valence-corrected chi connectivity index (χ4v) is 3.93. The van der Waals surface area contributed by atoms with Crippen molar-refractivity contribution in [3.05, 3.63) is 83.4 Å². The first-order chi connectivity index (χ1) is 15.6. The van der Waals surface area contributed by atoms with E-state index in [-0.39, 0.29) is 10.7 Å². The number of halogens is 6. The lowest BCUT2D eigenvalue weighted by molar-refractivity contribution is -0.249. The first-order valence-electron chi connectivity index (χ1n) is 9.92. The van der Waals surface area contributed by atoms with Crippen LogP contribution in [-0.4, -0.2) is 24.9 Å². The van der Waals surface area contributed by atoms with Gasteiger partial charge in [0, 0.05) is 6.42 Å². The number of para-hydroxylation sites is 1. The van der Waals surface area contributed by atoms with Gasteiger partial charge in [-0.25, -0.2) is 0 Å². The Labute approximate surface area is 192 Å². The molecule has 0 N–H and O–H groups in total. The van der Waals surface area contributed by atoms with Crippen LogP contribution >= 0.6 is 11.6 Å². The zero-order chi connectivity index (χ0) is 23.8. The molecular formula is C24H18ClF5N2O. The predicted molar refractivity (Wildman–Crippen MR) is 118 cm³/mol. The maximum Gasteiger partial charge on any atom is 0.459 e. The highest BCUT2D eigenvalue weighted by atomic mass is 35.5. The van der Waals surface area contributed by atoms with Crippen LogP contribution in [0.5, 0.6) is 5.75 Å². The van der Waals surface area contributed by atoms with E-state index in [0.29, 0.717) is 11.3 Å². The second-order valence-corrected chi connectivity index (χ2v) is 7.90. The summed E-state index contributed by atoms with van der Waals surface area (Å²) in [6.07, 6.45) is -6.37. The summed E-state index contributed by atoms with van der Waals surface area (Å²) < 4.78 is 73.0. The molecule has 0 bridgehead atoms. The maximum atomic E-state index is 14.2. The highest BCUT2D eigenvalue weighted by Gasteiger charge is 2.62. The van der Waals surface area contributed by atoms with Crippen molar-refractivity contribution in [1.82, 2.24) is 0 Å². The van der Waals surface area contributed by atoms with Crippen LogP contribution in [0.4, 0.5) is 27.6 Å². The Morgan fingerprint density at radius 2 is 1.58 bits per heavy atom. The van der Waals surface area contributed by atoms with Crippen LogP contribution in [-0.2, 0) is 0 Å². The monoisotopic (exact) mass is 480 g/mol. The molecule has 0 aromatic heterocycles. The first kappa shape index (κ1) is 23.0. The first-order valence-corrected chi connectivity index (χ1v) is 10.3. The summed E-state index contributed by atoms with van der Waals surface area (Å²) in [5.41, 5.74) is 1.06. The molecule has 3 aromatic carbocycles. The Morgan fingerprint density at radius 1 is 0.909 bits per heavy atom. The molecule has 0 fully saturated rings. The van der Waals surface area contributed by atoms with Crippen molar-refractivity contribution in [2.45, 2.75) is 24.6 Å². The number of anilines is 1. The second kappa shape index (κ2) is 8.67. The molecule has 3 aromatic rings. The summed E-state index contributed by atoms with van der Waals surface area (Å²) in [6, 6.07) is 19.6. The lowest BCUT2D eigenvalue weighted by Gasteiger charge is -2.25. The third-order valence-corrected chi connectivity index (χ3v) is 5.72. The van der Waals surface area contributed by atoms with Gasteiger partial charge in [-0.15, -0.1) is 0 Å². The Morgan fingerprint density at radius 3 is 2.24 bits per heavy atom. The van der Waals surface area contributed by atoms with Crippen LogP contribution in [0.2, 0.25) is 5.02 Å². The van der Waals surface area contributed by atoms with Gasteiger partial charge in [0.05, 0.1) is 23.9 Å². The van der Waals surface area contributed by atoms with E-state index in [1.165, 1.54) is 19.2 Å². The summed E-state index contributed by atoms with van der Waals surface area (Å²) in [5, 5.41) is 5.05. The van der Waals surface area contributed by atoms with Crippen molar-refractivity contribution in [1.29, 1.82) is 0 Å². The number of hydrogen-bond donors (Lipinski definition) is 0. The summed E-state index contributed by atoms with van der Waals surface area (Å²) in [5.74, 6) is -4.43. The van der Waals surface area contributed by atoms with E-state index < -0.39 is 30.3 Å². The molecule has 1 atom stereocenters. The molecule has 172 valence electrons. The zero-order valence-corrected chi connectivity index (χ0v) is 18.0. The number of hydrogen-bond acceptors (Lipinski definition) is 3. The largest absolute Gasteiger partial charge is 0.497 e. The van der Waals surface area contributed by atoms with Gasteiger partial charge in [0.15, 0.2) is 0 Å². The minimum Gasteiger partial charge on any atom is -0.497 e. The van der Waals surface area contributed by atoms with Crippen molar-refractivity contribution in [3.63, 3.8) is 0 Å². The topological polar surface area (TPSA) is 24.8 Å². The lowest BCUT2D eigenvalue weighted by atomic mass is 9.95. The summed E-state index contributed by atoms with van der Waals surface area (Å²) in [7, 11) is 1.54. The Balaban J connectivity index is 1.78. The van der Waals surface area contributed by atoms with Gasteiger partial charge in [-0.2, -0.15) is 27.1 Å². The van der Waals surface area contributed by atoms with Crippen LogP contribution in [0.3, 0.4) is 0 Å². The van der Waals surface area contributed by atoms with Gasteiger partial charge in [-0.3, -0.25) is 5.01 Å². The third kappa shape index (κ3) is 4.39. The van der Waals surface area contributed by atoms with Crippen molar-refractivity contribution in [2.24, 2.45) is 5.10 Å². The predicted octanol–water partition coefficient (Wildman–Crippen LogP) is 7.52. The van der Waals surface area contributed by atoms with E-state index in [2.05, 4.69) is 5.10 Å². The zero-order valence-electron chi connectivity index (χ0n) is 17.3. The van der Waals surface area contributed by atoms with Gasteiger partial charge in [-0.05, 0) is 47.0 Å². The standard InChI is InChI=1S/C24H18ClF5N2O/c1-33-18-9-5-7-16(13-18)15-6-4-8-17(12-15)21-14-22(23(26,27)24(28,29)30)31-32(21)20-11-3-2-10-19(20)25/h2-13,21H,14H2,1H3. The van der Waals surface area contributed by atoms with Crippen LogP contribution < -0.4 is 9.75 Å². The Hall–Kier alpha value is -3.13. The van der Waals surface area contributed by atoms with Crippen molar-refractivity contribution in [3.8, 4) is 16.9 Å². The van der Waals surface area contributed by atoms with Gasteiger partial charge < -0.3 is 4.74 Å². The van der Waals surface area contributed by atoms with Crippen LogP contribution in [0.25, 0.3) is 11.1 Å². The number of nitrogens with zero attached hydrogens (tertiary/aromatic N) is 2. The van der Waals surface area contributed by atoms with Gasteiger partial charge in [0.25, 0.3) is 0 Å². The normalized spacial score (nSPS) is 16.6. The Bertz CT molecular complexity index is 1200. The number of ether oxygens (including phenoxy) is 1. The van der Waals surface area contributed by atoms with Crippen molar-refractivity contribution in [2.75, 3.05) is 12.1 Å². The molecule has 4 rings (SSSR count). The molecule has 1 heterocycles. The van der Waals surface area contributed by atoms with Gasteiger partial charge in [-0.1, -0.05) is 54.1 Å². The molecule has 9 heteroatoms. The Kier molecular flexibility index (Phi) is 6.05. The van der Waals surface area contributed by atoms with E-state index >= 15 is 0 Å². The highest BCUT2D eigenvalue weighted by Crippen LogP contribution is 2.46. The van der Waals surface area contributed by atoms with E-state index in [0.717, 1.165) is 16.1 Å². The number of benzene rings is 3. The quantitative estimate of drug-likeness (QED) is 0.353. The average Bonchev–Trinajstić information content (AvgIpc) is 3.25. The second-order valence-electron chi connectivity index (χ2n) is 7.49. The molecule has 0 spiro atoms. The van der Waals surface area contributed by atoms with Crippen LogP contribution in [0.1, 0.15) is 18.0 Å². The minimum atomic E-state index is -5.75. The summed E-state index contributed by atoms with van der Waals surface area (Å²) in [4.78, 5) is 0. The molecule has 33 heavy (non-hydrogen) atoms. The third-order valence-electron chi connectivity index (χ3n) is 5.40. The number of hydrazone groups is 1. The summed E-state index contributed by atoms with van der Waals surface area (Å²) in [6.45, 7) is 0. The van der Waals surface area contributed by atoms with Gasteiger partial charge in [0.1, 0.15) is 11.5 Å². The highest BCUT2D eigenvalue weighted by molar-refractivity contribution is 6.33. The van der Waals surface area contributed by atoms with Crippen LogP contribution in [0.15, 0.2) is 77.9 Å².